The Morgan fingerprint density at radius 2 is 1.79 bits per heavy atom. The van der Waals surface area contributed by atoms with Crippen molar-refractivity contribution < 1.29 is 23.5 Å². The van der Waals surface area contributed by atoms with Crippen molar-refractivity contribution >= 4 is 62.2 Å². The van der Waals surface area contributed by atoms with Crippen molar-refractivity contribution in [2.45, 2.75) is 0 Å². The van der Waals surface area contributed by atoms with E-state index in [9.17, 15) is 18.8 Å². The van der Waals surface area contributed by atoms with Crippen LogP contribution in [-0.2, 0) is 9.59 Å². The summed E-state index contributed by atoms with van der Waals surface area (Å²) in [6.45, 7) is -0.245. The first kappa shape index (κ1) is 22.8. The Balaban J connectivity index is 1.40. The van der Waals surface area contributed by atoms with Crippen LogP contribution < -0.4 is 15.0 Å². The van der Waals surface area contributed by atoms with E-state index in [-0.39, 0.29) is 17.8 Å². The van der Waals surface area contributed by atoms with E-state index in [2.05, 4.69) is 21.2 Å². The monoisotopic (exact) mass is 526 g/mol. The van der Waals surface area contributed by atoms with E-state index in [0.717, 1.165) is 16.7 Å². The third-order valence-electron chi connectivity index (χ3n) is 4.55. The number of hydrogen-bond acceptors (Lipinski definition) is 5. The van der Waals surface area contributed by atoms with Crippen molar-refractivity contribution in [2.75, 3.05) is 16.8 Å². The molecule has 9 heteroatoms. The van der Waals surface area contributed by atoms with Gasteiger partial charge in [-0.1, -0.05) is 24.3 Å². The minimum Gasteiger partial charge on any atom is -0.483 e. The van der Waals surface area contributed by atoms with E-state index in [4.69, 9.17) is 4.74 Å². The number of nitrogens with zero attached hydrogens (tertiary/aromatic N) is 1. The minimum atomic E-state index is -0.396. The number of nitrogens with one attached hydrogen (secondary N) is 1. The zero-order valence-corrected chi connectivity index (χ0v) is 19.4. The van der Waals surface area contributed by atoms with Crippen molar-refractivity contribution in [1.82, 2.24) is 0 Å². The van der Waals surface area contributed by atoms with Crippen molar-refractivity contribution in [3.8, 4) is 5.75 Å². The van der Waals surface area contributed by atoms with Crippen LogP contribution in [0.3, 0.4) is 0 Å². The number of imide groups is 1. The number of amides is 3. The molecule has 0 saturated carbocycles. The second-order valence-electron chi connectivity index (χ2n) is 6.89. The Kier molecular flexibility index (Phi) is 6.90. The molecule has 1 N–H and O–H groups in total. The predicted molar refractivity (Wildman–Crippen MR) is 130 cm³/mol. The zero-order valence-electron chi connectivity index (χ0n) is 17.0. The zero-order chi connectivity index (χ0) is 23.4. The van der Waals surface area contributed by atoms with Crippen LogP contribution in [0, 0.1) is 5.82 Å². The first-order valence-corrected chi connectivity index (χ1v) is 11.3. The van der Waals surface area contributed by atoms with E-state index in [1.165, 1.54) is 24.3 Å². The SMILES string of the molecule is O=C(COc1ccc(/C=C2/SC(=O)N(c3ccccc3)C2=O)cc1Br)Nc1ccc(F)cc1. The molecule has 1 aliphatic heterocycles. The van der Waals surface area contributed by atoms with E-state index >= 15 is 0 Å². The van der Waals surface area contributed by atoms with Crippen LogP contribution in [0.5, 0.6) is 5.75 Å². The molecular formula is C24H16BrFN2O4S. The van der Waals surface area contributed by atoms with Crippen molar-refractivity contribution in [2.24, 2.45) is 0 Å². The Morgan fingerprint density at radius 1 is 1.06 bits per heavy atom. The number of benzene rings is 3. The molecule has 1 saturated heterocycles. The van der Waals surface area contributed by atoms with Crippen LogP contribution in [0.15, 0.2) is 82.2 Å². The summed E-state index contributed by atoms with van der Waals surface area (Å²) in [5, 5.41) is 2.26. The van der Waals surface area contributed by atoms with Crippen molar-refractivity contribution in [3.63, 3.8) is 0 Å². The highest BCUT2D eigenvalue weighted by Crippen LogP contribution is 2.36. The minimum absolute atomic E-state index is 0.245. The molecule has 1 fully saturated rings. The molecule has 3 aromatic rings. The lowest BCUT2D eigenvalue weighted by Gasteiger charge is -2.11. The molecule has 0 bridgehead atoms. The lowest BCUT2D eigenvalue weighted by atomic mass is 10.2. The third kappa shape index (κ3) is 5.50. The smallest absolute Gasteiger partial charge is 0.298 e. The number of halogens is 2. The Morgan fingerprint density at radius 3 is 2.48 bits per heavy atom. The number of para-hydroxylation sites is 1. The summed E-state index contributed by atoms with van der Waals surface area (Å²) in [6.07, 6.45) is 1.63. The molecule has 33 heavy (non-hydrogen) atoms. The molecule has 0 unspecified atom stereocenters. The van der Waals surface area contributed by atoms with Gasteiger partial charge in [-0.2, -0.15) is 0 Å². The van der Waals surface area contributed by atoms with Gasteiger partial charge in [-0.3, -0.25) is 14.4 Å². The average molecular weight is 527 g/mol. The molecule has 6 nitrogen and oxygen atoms in total. The average Bonchev–Trinajstić information content (AvgIpc) is 3.08. The molecule has 3 aromatic carbocycles. The lowest BCUT2D eigenvalue weighted by Crippen LogP contribution is -2.27. The topological polar surface area (TPSA) is 75.7 Å². The number of ether oxygens (including phenoxy) is 1. The number of hydrogen-bond donors (Lipinski definition) is 1. The molecular weight excluding hydrogens is 511 g/mol. The van der Waals surface area contributed by atoms with Crippen LogP contribution in [0.4, 0.5) is 20.6 Å². The third-order valence-corrected chi connectivity index (χ3v) is 6.04. The lowest BCUT2D eigenvalue weighted by molar-refractivity contribution is -0.118. The van der Waals surface area contributed by atoms with Gasteiger partial charge in [0.25, 0.3) is 17.1 Å². The summed E-state index contributed by atoms with van der Waals surface area (Å²) in [6, 6.07) is 19.3. The highest BCUT2D eigenvalue weighted by atomic mass is 79.9. The Hall–Kier alpha value is -3.43. The first-order chi connectivity index (χ1) is 15.9. The van der Waals surface area contributed by atoms with Crippen molar-refractivity contribution in [3.05, 3.63) is 93.6 Å². The summed E-state index contributed by atoms with van der Waals surface area (Å²) in [5.41, 5.74) is 1.67. The Bertz CT molecular complexity index is 1250. The molecule has 0 aliphatic carbocycles. The maximum absolute atomic E-state index is 13.0. The van der Waals surface area contributed by atoms with Crippen LogP contribution in [-0.4, -0.2) is 23.7 Å². The highest BCUT2D eigenvalue weighted by molar-refractivity contribution is 9.10. The predicted octanol–water partition coefficient (Wildman–Crippen LogP) is 5.85. The van der Waals surface area contributed by atoms with E-state index < -0.39 is 11.7 Å². The van der Waals surface area contributed by atoms with Gasteiger partial charge in [0.2, 0.25) is 0 Å². The van der Waals surface area contributed by atoms with E-state index in [1.54, 1.807) is 48.5 Å². The number of carbonyl (C=O) groups is 3. The standard InChI is InChI=1S/C24H16BrFN2O4S/c25-19-12-15(13-21-23(30)28(24(31)33-21)18-4-2-1-3-5-18)6-11-20(19)32-14-22(29)27-17-9-7-16(26)8-10-17/h1-13H,14H2,(H,27,29)/b21-13+. The van der Waals surface area contributed by atoms with Gasteiger partial charge in [0.05, 0.1) is 15.1 Å². The van der Waals surface area contributed by atoms with Crippen LogP contribution in [0.25, 0.3) is 6.08 Å². The second-order valence-corrected chi connectivity index (χ2v) is 8.73. The van der Waals surface area contributed by atoms with Gasteiger partial charge < -0.3 is 10.1 Å². The van der Waals surface area contributed by atoms with Gasteiger partial charge in [0.15, 0.2) is 6.61 Å². The summed E-state index contributed by atoms with van der Waals surface area (Å²) in [4.78, 5) is 38.6. The van der Waals surface area contributed by atoms with Crippen LogP contribution in [0.1, 0.15) is 5.56 Å². The summed E-state index contributed by atoms with van der Waals surface area (Å²) >= 11 is 4.27. The van der Waals surface area contributed by atoms with Crippen LogP contribution in [0.2, 0.25) is 0 Å². The first-order valence-electron chi connectivity index (χ1n) is 9.71. The summed E-state index contributed by atoms with van der Waals surface area (Å²) in [5.74, 6) is -0.742. The molecule has 3 amide bonds. The molecule has 1 aliphatic rings. The van der Waals surface area contributed by atoms with E-state index in [1.807, 2.05) is 6.07 Å². The fraction of sp³-hybridized carbons (Fsp3) is 0.0417. The number of thioether (sulfide) groups is 1. The fourth-order valence-electron chi connectivity index (χ4n) is 3.02. The number of carbonyl (C=O) groups excluding carboxylic acids is 3. The molecule has 1 heterocycles. The number of anilines is 2. The van der Waals surface area contributed by atoms with E-state index in [0.29, 0.717) is 32.1 Å². The quantitative estimate of drug-likeness (QED) is 0.408. The molecule has 4 rings (SSSR count). The molecule has 0 spiro atoms. The fourth-order valence-corrected chi connectivity index (χ4v) is 4.37. The molecule has 0 atom stereocenters. The molecule has 0 aromatic heterocycles. The van der Waals surface area contributed by atoms with Gasteiger partial charge >= 0.3 is 0 Å². The second kappa shape index (κ2) is 10.0. The maximum Gasteiger partial charge on any atom is 0.298 e. The molecule has 0 radical (unpaired) electrons. The molecule has 166 valence electrons. The van der Waals surface area contributed by atoms with Gasteiger partial charge in [0, 0.05) is 5.69 Å². The highest BCUT2D eigenvalue weighted by Gasteiger charge is 2.36. The maximum atomic E-state index is 13.0. The Labute approximate surface area is 201 Å². The largest absolute Gasteiger partial charge is 0.483 e. The summed E-state index contributed by atoms with van der Waals surface area (Å²) in [7, 11) is 0. The van der Waals surface area contributed by atoms with Crippen molar-refractivity contribution in [1.29, 1.82) is 0 Å². The van der Waals surface area contributed by atoms with Crippen LogP contribution >= 0.6 is 27.7 Å². The van der Waals surface area contributed by atoms with Gasteiger partial charge in [-0.15, -0.1) is 0 Å². The summed E-state index contributed by atoms with van der Waals surface area (Å²) < 4.78 is 19.1. The normalized spacial score (nSPS) is 14.6. The van der Waals surface area contributed by atoms with Gasteiger partial charge in [0.1, 0.15) is 11.6 Å². The van der Waals surface area contributed by atoms with Gasteiger partial charge in [-0.05, 0) is 87.9 Å². The van der Waals surface area contributed by atoms with Gasteiger partial charge in [-0.25, -0.2) is 9.29 Å². The number of rotatable bonds is 6.